The number of halogens is 5. The van der Waals surface area contributed by atoms with E-state index >= 15 is 0 Å². The smallest absolute Gasteiger partial charge is 0.256 e. The number of aromatic nitrogens is 1. The molecule has 1 aromatic heterocycles. The summed E-state index contributed by atoms with van der Waals surface area (Å²) >= 11 is 6.32. The van der Waals surface area contributed by atoms with Gasteiger partial charge in [0.2, 0.25) is 0 Å². The molecule has 0 saturated carbocycles. The van der Waals surface area contributed by atoms with Gasteiger partial charge in [-0.2, -0.15) is 13.8 Å². The summed E-state index contributed by atoms with van der Waals surface area (Å²) in [5.41, 5.74) is -0.0272. The highest BCUT2D eigenvalue weighted by Gasteiger charge is 2.25. The van der Waals surface area contributed by atoms with Crippen molar-refractivity contribution in [1.82, 2.24) is 9.88 Å². The second kappa shape index (κ2) is 6.76. The molecule has 1 amide bonds. The first-order valence-corrected chi connectivity index (χ1v) is 7.31. The summed E-state index contributed by atoms with van der Waals surface area (Å²) < 4.78 is 53.8. The predicted molar refractivity (Wildman–Crippen MR) is 77.7 cm³/mol. The Hall–Kier alpha value is -1.80. The Balaban J connectivity index is 2.59. The number of hydrogen-bond donors (Lipinski definition) is 0. The summed E-state index contributed by atoms with van der Waals surface area (Å²) in [5, 5.41) is 0.0458. The van der Waals surface area contributed by atoms with Crippen molar-refractivity contribution in [3.8, 4) is 0 Å². The van der Waals surface area contributed by atoms with Gasteiger partial charge in [-0.25, -0.2) is 8.78 Å². The number of benzene rings is 1. The molecular weight excluding hydrogens is 356 g/mol. The maximum absolute atomic E-state index is 13.7. The van der Waals surface area contributed by atoms with Gasteiger partial charge in [0.15, 0.2) is 11.6 Å². The van der Waals surface area contributed by atoms with Crippen molar-refractivity contribution in [2.75, 3.05) is 14.1 Å². The Morgan fingerprint density at radius 3 is 2.22 bits per heavy atom. The van der Waals surface area contributed by atoms with Crippen LogP contribution in [0.15, 0.2) is 28.0 Å². The van der Waals surface area contributed by atoms with Crippen molar-refractivity contribution in [2.24, 2.45) is 0 Å². The maximum Gasteiger partial charge on any atom is 0.256 e. The fourth-order valence-corrected chi connectivity index (χ4v) is 3.01. The summed E-state index contributed by atoms with van der Waals surface area (Å²) in [6.45, 7) is 0. The fourth-order valence-electron chi connectivity index (χ4n) is 1.69. The van der Waals surface area contributed by atoms with Crippen molar-refractivity contribution >= 4 is 29.3 Å². The van der Waals surface area contributed by atoms with E-state index in [4.69, 9.17) is 11.6 Å². The van der Waals surface area contributed by atoms with Crippen LogP contribution in [0.1, 0.15) is 10.4 Å². The van der Waals surface area contributed by atoms with Crippen LogP contribution in [0.2, 0.25) is 5.02 Å². The summed E-state index contributed by atoms with van der Waals surface area (Å²) in [6.07, 6.45) is 0. The quantitative estimate of drug-likeness (QED) is 0.606. The van der Waals surface area contributed by atoms with Crippen LogP contribution < -0.4 is 0 Å². The summed E-state index contributed by atoms with van der Waals surface area (Å²) in [4.78, 5) is 15.0. The molecule has 2 rings (SSSR count). The molecule has 122 valence electrons. The lowest BCUT2D eigenvalue weighted by Gasteiger charge is -2.15. The Morgan fingerprint density at radius 2 is 1.70 bits per heavy atom. The van der Waals surface area contributed by atoms with E-state index in [2.05, 4.69) is 4.98 Å². The van der Waals surface area contributed by atoms with Crippen molar-refractivity contribution in [2.45, 2.75) is 9.79 Å². The third-order valence-corrected chi connectivity index (χ3v) is 4.20. The first kappa shape index (κ1) is 17.6. The molecule has 0 aliphatic heterocycles. The highest BCUT2D eigenvalue weighted by molar-refractivity contribution is 7.99. The Labute approximate surface area is 138 Å². The van der Waals surface area contributed by atoms with Crippen molar-refractivity contribution < 1.29 is 22.4 Å². The lowest BCUT2D eigenvalue weighted by atomic mass is 10.2. The minimum absolute atomic E-state index is 0.0272. The van der Waals surface area contributed by atoms with Gasteiger partial charge in [-0.15, -0.1) is 0 Å². The maximum atomic E-state index is 13.7. The molecule has 0 N–H and O–H groups in total. The first-order valence-electron chi connectivity index (χ1n) is 6.12. The van der Waals surface area contributed by atoms with Gasteiger partial charge in [-0.05, 0) is 12.1 Å². The average Bonchev–Trinajstić information content (AvgIpc) is 2.49. The number of nitrogens with zero attached hydrogens (tertiary/aromatic N) is 2. The van der Waals surface area contributed by atoms with Crippen molar-refractivity contribution in [3.63, 3.8) is 0 Å². The molecule has 3 nitrogen and oxygen atoms in total. The number of pyridine rings is 1. The molecule has 1 heterocycles. The number of hydrogen-bond acceptors (Lipinski definition) is 3. The number of carbonyl (C=O) groups is 1. The van der Waals surface area contributed by atoms with Gasteiger partial charge in [0.05, 0.1) is 15.5 Å². The van der Waals surface area contributed by atoms with Gasteiger partial charge in [0.25, 0.3) is 17.8 Å². The lowest BCUT2D eigenvalue weighted by Crippen LogP contribution is -2.22. The highest BCUT2D eigenvalue weighted by atomic mass is 35.5. The molecule has 1 aromatic carbocycles. The molecule has 0 atom stereocenters. The van der Waals surface area contributed by atoms with E-state index in [1.54, 1.807) is 0 Å². The van der Waals surface area contributed by atoms with Crippen LogP contribution in [-0.4, -0.2) is 29.9 Å². The molecule has 23 heavy (non-hydrogen) atoms. The van der Waals surface area contributed by atoms with Gasteiger partial charge in [-0.3, -0.25) is 4.79 Å². The second-order valence-corrected chi connectivity index (χ2v) is 6.02. The largest absolute Gasteiger partial charge is 0.345 e. The van der Waals surface area contributed by atoms with Crippen LogP contribution >= 0.6 is 23.4 Å². The van der Waals surface area contributed by atoms with E-state index in [0.717, 1.165) is 0 Å². The molecule has 0 spiro atoms. The fraction of sp³-hybridized carbons (Fsp3) is 0.143. The second-order valence-electron chi connectivity index (χ2n) is 4.57. The topological polar surface area (TPSA) is 33.2 Å². The molecule has 0 saturated heterocycles. The average molecular weight is 365 g/mol. The van der Waals surface area contributed by atoms with Gasteiger partial charge >= 0.3 is 0 Å². The van der Waals surface area contributed by atoms with Crippen molar-refractivity contribution in [1.29, 1.82) is 0 Å². The summed E-state index contributed by atoms with van der Waals surface area (Å²) in [7, 11) is 2.93. The SMILES string of the molecule is CN(C)C(=O)c1c(Cl)cccc1Sc1c(F)c(F)nc(F)c1F. The van der Waals surface area contributed by atoms with E-state index in [-0.39, 0.29) is 15.5 Å². The van der Waals surface area contributed by atoms with E-state index in [9.17, 15) is 22.4 Å². The van der Waals surface area contributed by atoms with Crippen molar-refractivity contribution in [3.05, 3.63) is 52.3 Å². The third kappa shape index (κ3) is 3.42. The molecule has 0 fully saturated rings. The normalized spacial score (nSPS) is 10.7. The monoisotopic (exact) mass is 364 g/mol. The standard InChI is InChI=1S/C14H9ClF4N2OS/c1-21(2)14(22)8-6(15)4-3-5-7(8)23-11-9(16)12(18)20-13(19)10(11)17/h3-5H,1-2H3. The van der Waals surface area contributed by atoms with Crippen LogP contribution in [0, 0.1) is 23.5 Å². The Morgan fingerprint density at radius 1 is 1.13 bits per heavy atom. The molecule has 0 radical (unpaired) electrons. The van der Waals surface area contributed by atoms with Crippen LogP contribution in [0.4, 0.5) is 17.6 Å². The summed E-state index contributed by atoms with van der Waals surface area (Å²) in [6, 6.07) is 4.23. The molecular formula is C14H9ClF4N2OS. The van der Waals surface area contributed by atoms with Crippen LogP contribution in [-0.2, 0) is 0 Å². The molecule has 0 aliphatic carbocycles. The van der Waals surface area contributed by atoms with Gasteiger partial charge in [0, 0.05) is 19.0 Å². The molecule has 9 heteroatoms. The third-order valence-electron chi connectivity index (χ3n) is 2.76. The molecule has 0 unspecified atom stereocenters. The first-order chi connectivity index (χ1) is 10.7. The van der Waals surface area contributed by atoms with Gasteiger partial charge < -0.3 is 4.90 Å². The Bertz CT molecular complexity index is 760. The zero-order chi connectivity index (χ0) is 17.3. The van der Waals surface area contributed by atoms with Gasteiger partial charge in [0.1, 0.15) is 0 Å². The molecule has 2 aromatic rings. The van der Waals surface area contributed by atoms with Gasteiger partial charge in [-0.1, -0.05) is 29.4 Å². The molecule has 0 aliphatic rings. The van der Waals surface area contributed by atoms with E-state index in [1.807, 2.05) is 0 Å². The van der Waals surface area contributed by atoms with Crippen LogP contribution in [0.3, 0.4) is 0 Å². The Kier molecular flexibility index (Phi) is 5.16. The number of amides is 1. The zero-order valence-electron chi connectivity index (χ0n) is 11.8. The van der Waals surface area contributed by atoms with E-state index < -0.39 is 34.3 Å². The minimum Gasteiger partial charge on any atom is -0.345 e. The highest BCUT2D eigenvalue weighted by Crippen LogP contribution is 2.37. The van der Waals surface area contributed by atoms with Crippen LogP contribution in [0.25, 0.3) is 0 Å². The number of carbonyl (C=O) groups excluding carboxylic acids is 1. The predicted octanol–water partition coefficient (Wildman–Crippen LogP) is 4.14. The van der Waals surface area contributed by atoms with E-state index in [1.165, 1.54) is 37.2 Å². The van der Waals surface area contributed by atoms with Crippen LogP contribution in [0.5, 0.6) is 0 Å². The summed E-state index contributed by atoms with van der Waals surface area (Å²) in [5.74, 6) is -7.34. The zero-order valence-corrected chi connectivity index (χ0v) is 13.4. The van der Waals surface area contributed by atoms with E-state index in [0.29, 0.717) is 11.8 Å². The minimum atomic E-state index is -1.77. The lowest BCUT2D eigenvalue weighted by molar-refractivity contribution is 0.0824. The number of rotatable bonds is 3. The molecule has 0 bridgehead atoms.